The molecule has 4 nitrogen and oxygen atoms in total. The third kappa shape index (κ3) is 2.85. The number of nitrogen functional groups attached to an aromatic ring is 1. The second-order valence-electron chi connectivity index (χ2n) is 6.30. The molecule has 1 spiro atoms. The Morgan fingerprint density at radius 2 is 1.71 bits per heavy atom. The molecule has 1 saturated carbocycles. The Morgan fingerprint density at radius 3 is 2.33 bits per heavy atom. The number of rotatable bonds is 2. The first-order chi connectivity index (χ1) is 9.93. The number of halogens is 1. The van der Waals surface area contributed by atoms with Crippen LogP contribution in [0, 0.1) is 5.41 Å². The Bertz CT molecular complexity index is 629. The van der Waals surface area contributed by atoms with Crippen molar-refractivity contribution in [3.63, 3.8) is 0 Å². The van der Waals surface area contributed by atoms with Crippen molar-refractivity contribution in [3.05, 3.63) is 22.7 Å². The van der Waals surface area contributed by atoms with Crippen molar-refractivity contribution in [1.29, 1.82) is 0 Å². The number of hydrogen-bond donors (Lipinski definition) is 1. The summed E-state index contributed by atoms with van der Waals surface area (Å²) in [5, 5.41) is 0. The zero-order valence-corrected chi connectivity index (χ0v) is 14.4. The van der Waals surface area contributed by atoms with Crippen LogP contribution in [-0.2, 0) is 10.0 Å². The molecule has 1 saturated heterocycles. The van der Waals surface area contributed by atoms with E-state index in [2.05, 4.69) is 15.9 Å². The maximum absolute atomic E-state index is 12.8. The van der Waals surface area contributed by atoms with Gasteiger partial charge in [0, 0.05) is 23.2 Å². The van der Waals surface area contributed by atoms with Gasteiger partial charge in [0.2, 0.25) is 10.0 Å². The average Bonchev–Trinajstić information content (AvgIpc) is 2.90. The van der Waals surface area contributed by atoms with Crippen LogP contribution in [0.5, 0.6) is 0 Å². The molecule has 1 heterocycles. The second kappa shape index (κ2) is 5.56. The second-order valence-corrected chi connectivity index (χ2v) is 9.06. The topological polar surface area (TPSA) is 63.4 Å². The van der Waals surface area contributed by atoms with Gasteiger partial charge in [-0.2, -0.15) is 4.31 Å². The molecule has 2 aliphatic rings. The summed E-state index contributed by atoms with van der Waals surface area (Å²) in [7, 11) is -3.45. The molecule has 3 rings (SSSR count). The largest absolute Gasteiger partial charge is 0.399 e. The molecule has 1 aliphatic heterocycles. The lowest BCUT2D eigenvalue weighted by Gasteiger charge is -2.38. The molecule has 116 valence electrons. The van der Waals surface area contributed by atoms with E-state index < -0.39 is 10.0 Å². The molecule has 6 heteroatoms. The van der Waals surface area contributed by atoms with Crippen LogP contribution in [0.4, 0.5) is 5.69 Å². The zero-order valence-electron chi connectivity index (χ0n) is 12.0. The van der Waals surface area contributed by atoms with Gasteiger partial charge in [-0.05, 0) is 65.2 Å². The van der Waals surface area contributed by atoms with Gasteiger partial charge in [0.1, 0.15) is 0 Å². The molecule has 0 atom stereocenters. The van der Waals surface area contributed by atoms with Crippen molar-refractivity contribution in [2.24, 2.45) is 5.41 Å². The molecule has 0 unspecified atom stereocenters. The highest BCUT2D eigenvalue weighted by atomic mass is 79.9. The molecule has 21 heavy (non-hydrogen) atoms. The predicted molar refractivity (Wildman–Crippen MR) is 87.4 cm³/mol. The van der Waals surface area contributed by atoms with Crippen LogP contribution in [0.2, 0.25) is 0 Å². The third-order valence-corrected chi connectivity index (χ3v) is 7.91. The predicted octanol–water partition coefficient (Wildman–Crippen LogP) is 3.38. The van der Waals surface area contributed by atoms with Crippen molar-refractivity contribution in [1.82, 2.24) is 4.31 Å². The van der Waals surface area contributed by atoms with Crippen LogP contribution in [0.1, 0.15) is 38.5 Å². The molecular weight excluding hydrogens is 352 g/mol. The molecular formula is C15H21BrN2O2S. The minimum Gasteiger partial charge on any atom is -0.399 e. The van der Waals surface area contributed by atoms with Gasteiger partial charge >= 0.3 is 0 Å². The van der Waals surface area contributed by atoms with E-state index in [0.717, 1.165) is 12.8 Å². The number of sulfonamides is 1. The van der Waals surface area contributed by atoms with E-state index in [-0.39, 0.29) is 4.90 Å². The molecule has 1 aromatic carbocycles. The molecule has 0 bridgehead atoms. The van der Waals surface area contributed by atoms with Crippen molar-refractivity contribution >= 4 is 31.6 Å². The van der Waals surface area contributed by atoms with Crippen LogP contribution in [0.15, 0.2) is 27.6 Å². The third-order valence-electron chi connectivity index (χ3n) is 5.02. The van der Waals surface area contributed by atoms with E-state index in [1.807, 2.05) is 0 Å². The fourth-order valence-corrected chi connectivity index (χ4v) is 6.08. The van der Waals surface area contributed by atoms with E-state index in [0.29, 0.717) is 28.7 Å². The Morgan fingerprint density at radius 1 is 1.10 bits per heavy atom. The van der Waals surface area contributed by atoms with Crippen LogP contribution in [0.3, 0.4) is 0 Å². The quantitative estimate of drug-likeness (QED) is 0.809. The summed E-state index contributed by atoms with van der Waals surface area (Å²) in [5.41, 5.74) is 6.63. The lowest BCUT2D eigenvalue weighted by atomic mass is 9.78. The molecule has 2 fully saturated rings. The van der Waals surface area contributed by atoms with E-state index in [4.69, 9.17) is 5.73 Å². The van der Waals surface area contributed by atoms with E-state index in [1.165, 1.54) is 25.7 Å². The standard InChI is InChI=1S/C15H21BrN2O2S/c16-13-4-3-12(17)11-14(13)21(19,20)18-9-7-15(8-10-18)5-1-2-6-15/h3-4,11H,1-2,5-10,17H2. The lowest BCUT2D eigenvalue weighted by molar-refractivity contribution is 0.160. The van der Waals surface area contributed by atoms with Crippen molar-refractivity contribution in [2.75, 3.05) is 18.8 Å². The molecule has 0 amide bonds. The number of nitrogens with zero attached hydrogens (tertiary/aromatic N) is 1. The highest BCUT2D eigenvalue weighted by Crippen LogP contribution is 2.47. The number of benzene rings is 1. The maximum Gasteiger partial charge on any atom is 0.244 e. The minimum absolute atomic E-state index is 0.282. The van der Waals surface area contributed by atoms with Crippen LogP contribution in [0.25, 0.3) is 0 Å². The van der Waals surface area contributed by atoms with Crippen molar-refractivity contribution in [2.45, 2.75) is 43.4 Å². The van der Waals surface area contributed by atoms with E-state index in [9.17, 15) is 8.42 Å². The summed E-state index contributed by atoms with van der Waals surface area (Å²) in [6.07, 6.45) is 7.12. The molecule has 1 aliphatic carbocycles. The number of piperidine rings is 1. The van der Waals surface area contributed by atoms with Gasteiger partial charge in [-0.15, -0.1) is 0 Å². The maximum atomic E-state index is 12.8. The van der Waals surface area contributed by atoms with Gasteiger partial charge in [-0.25, -0.2) is 8.42 Å². The van der Waals surface area contributed by atoms with Gasteiger partial charge in [0.15, 0.2) is 0 Å². The van der Waals surface area contributed by atoms with Crippen LogP contribution >= 0.6 is 15.9 Å². The monoisotopic (exact) mass is 372 g/mol. The Kier molecular flexibility index (Phi) is 4.05. The average molecular weight is 373 g/mol. The van der Waals surface area contributed by atoms with Crippen LogP contribution < -0.4 is 5.73 Å². The van der Waals surface area contributed by atoms with E-state index >= 15 is 0 Å². The first-order valence-electron chi connectivity index (χ1n) is 7.48. The summed E-state index contributed by atoms with van der Waals surface area (Å²) in [6, 6.07) is 4.94. The SMILES string of the molecule is Nc1ccc(Br)c(S(=O)(=O)N2CCC3(CCCC3)CC2)c1. The zero-order chi connectivity index (χ0) is 15.1. The smallest absolute Gasteiger partial charge is 0.244 e. The Balaban J connectivity index is 1.82. The molecule has 2 N–H and O–H groups in total. The normalized spacial score (nSPS) is 22.7. The number of hydrogen-bond acceptors (Lipinski definition) is 3. The lowest BCUT2D eigenvalue weighted by Crippen LogP contribution is -2.42. The van der Waals surface area contributed by atoms with Gasteiger partial charge in [-0.3, -0.25) is 0 Å². The Labute approximate surface area is 134 Å². The first-order valence-corrected chi connectivity index (χ1v) is 9.72. The molecule has 0 aromatic heterocycles. The van der Waals surface area contributed by atoms with Gasteiger partial charge < -0.3 is 5.73 Å². The van der Waals surface area contributed by atoms with Gasteiger partial charge in [-0.1, -0.05) is 12.8 Å². The summed E-state index contributed by atoms with van der Waals surface area (Å²) < 4.78 is 27.8. The minimum atomic E-state index is -3.45. The van der Waals surface area contributed by atoms with Gasteiger partial charge in [0.05, 0.1) is 4.90 Å². The highest BCUT2D eigenvalue weighted by molar-refractivity contribution is 9.10. The fraction of sp³-hybridized carbons (Fsp3) is 0.600. The summed E-state index contributed by atoms with van der Waals surface area (Å²) in [4.78, 5) is 0.282. The molecule has 1 aromatic rings. The fourth-order valence-electron chi connectivity index (χ4n) is 3.68. The highest BCUT2D eigenvalue weighted by Gasteiger charge is 2.40. The van der Waals surface area contributed by atoms with Gasteiger partial charge in [0.25, 0.3) is 0 Å². The molecule has 0 radical (unpaired) electrons. The number of nitrogens with two attached hydrogens (primary N) is 1. The number of anilines is 1. The Hall–Kier alpha value is -0.590. The summed E-state index contributed by atoms with van der Waals surface area (Å²) in [6.45, 7) is 1.26. The van der Waals surface area contributed by atoms with Crippen molar-refractivity contribution in [3.8, 4) is 0 Å². The first kappa shape index (κ1) is 15.3. The van der Waals surface area contributed by atoms with Crippen LogP contribution in [-0.4, -0.2) is 25.8 Å². The van der Waals surface area contributed by atoms with Crippen molar-refractivity contribution < 1.29 is 8.42 Å². The summed E-state index contributed by atoms with van der Waals surface area (Å²) >= 11 is 3.33. The van der Waals surface area contributed by atoms with E-state index in [1.54, 1.807) is 22.5 Å². The summed E-state index contributed by atoms with van der Waals surface area (Å²) in [5.74, 6) is 0.